The van der Waals surface area contributed by atoms with Gasteiger partial charge in [-0.15, -0.1) is 0 Å². The topological polar surface area (TPSA) is 28.2 Å². The van der Waals surface area contributed by atoms with Crippen LogP contribution in [0.5, 0.6) is 0 Å². The fourth-order valence-corrected chi connectivity index (χ4v) is 1.75. The predicted molar refractivity (Wildman–Crippen MR) is 73.0 cm³/mol. The molecule has 0 aromatic carbocycles. The number of anilines is 1. The number of hydrogen-bond donors (Lipinski definition) is 1. The van der Waals surface area contributed by atoms with Gasteiger partial charge in [0.05, 0.1) is 5.69 Å². The highest BCUT2D eigenvalue weighted by atomic mass is 79.9. The Kier molecular flexibility index (Phi) is 5.77. The first-order valence-electron chi connectivity index (χ1n) is 5.76. The quantitative estimate of drug-likeness (QED) is 0.871. The highest BCUT2D eigenvalue weighted by Crippen LogP contribution is 2.15. The van der Waals surface area contributed by atoms with E-state index in [9.17, 15) is 0 Å². The molecule has 90 valence electrons. The molecule has 1 rings (SSSR count). The third kappa shape index (κ3) is 4.10. The second kappa shape index (κ2) is 6.86. The molecule has 0 radical (unpaired) electrons. The van der Waals surface area contributed by atoms with Gasteiger partial charge in [0, 0.05) is 17.6 Å². The second-order valence-electron chi connectivity index (χ2n) is 3.72. The van der Waals surface area contributed by atoms with Crippen molar-refractivity contribution in [3.8, 4) is 0 Å². The van der Waals surface area contributed by atoms with Crippen LogP contribution in [0.2, 0.25) is 0 Å². The molecule has 0 aliphatic rings. The molecule has 0 unspecified atom stereocenters. The van der Waals surface area contributed by atoms with Crippen LogP contribution in [0.3, 0.4) is 0 Å². The molecule has 0 spiro atoms. The van der Waals surface area contributed by atoms with Crippen molar-refractivity contribution in [2.24, 2.45) is 0 Å². The number of hydrogen-bond acceptors (Lipinski definition) is 3. The summed E-state index contributed by atoms with van der Waals surface area (Å²) in [5.74, 6) is 0.952. The molecule has 1 aromatic heterocycles. The van der Waals surface area contributed by atoms with Gasteiger partial charge in [-0.25, -0.2) is 4.98 Å². The molecule has 0 saturated heterocycles. The van der Waals surface area contributed by atoms with Crippen molar-refractivity contribution in [1.29, 1.82) is 0 Å². The van der Waals surface area contributed by atoms with Crippen molar-refractivity contribution in [1.82, 2.24) is 9.88 Å². The van der Waals surface area contributed by atoms with Crippen LogP contribution in [-0.4, -0.2) is 36.1 Å². The van der Waals surface area contributed by atoms with Crippen LogP contribution in [0.4, 0.5) is 5.82 Å². The summed E-state index contributed by atoms with van der Waals surface area (Å²) in [6.45, 7) is 10.6. The van der Waals surface area contributed by atoms with Crippen molar-refractivity contribution < 1.29 is 0 Å². The van der Waals surface area contributed by atoms with Gasteiger partial charge < -0.3 is 10.2 Å². The number of nitrogens with zero attached hydrogens (tertiary/aromatic N) is 2. The minimum atomic E-state index is 0.940. The smallest absolute Gasteiger partial charge is 0.126 e. The predicted octanol–water partition coefficient (Wildman–Crippen LogP) is 2.91. The lowest BCUT2D eigenvalue weighted by Crippen LogP contribution is -2.28. The summed E-state index contributed by atoms with van der Waals surface area (Å²) >= 11 is 3.44. The highest BCUT2D eigenvalue weighted by Gasteiger charge is 2.00. The molecule has 3 nitrogen and oxygen atoms in total. The third-order valence-corrected chi connectivity index (χ3v) is 3.49. The van der Waals surface area contributed by atoms with Gasteiger partial charge in [-0.3, -0.25) is 0 Å². The molecule has 0 bridgehead atoms. The van der Waals surface area contributed by atoms with Crippen molar-refractivity contribution in [3.63, 3.8) is 0 Å². The van der Waals surface area contributed by atoms with Gasteiger partial charge in [-0.2, -0.15) is 0 Å². The molecule has 0 amide bonds. The summed E-state index contributed by atoms with van der Waals surface area (Å²) in [5, 5.41) is 3.34. The van der Waals surface area contributed by atoms with E-state index in [0.29, 0.717) is 0 Å². The molecule has 4 heteroatoms. The van der Waals surface area contributed by atoms with Crippen molar-refractivity contribution in [2.45, 2.75) is 20.8 Å². The van der Waals surface area contributed by atoms with Gasteiger partial charge in [-0.1, -0.05) is 13.8 Å². The average Bonchev–Trinajstić information content (AvgIpc) is 2.29. The first-order chi connectivity index (χ1) is 7.67. The van der Waals surface area contributed by atoms with E-state index in [0.717, 1.165) is 42.2 Å². The zero-order valence-corrected chi connectivity index (χ0v) is 11.8. The Morgan fingerprint density at radius 3 is 2.56 bits per heavy atom. The number of likely N-dealkylation sites (N-methyl/N-ethyl adjacent to an activating group) is 1. The van der Waals surface area contributed by atoms with Crippen LogP contribution in [0.15, 0.2) is 16.6 Å². The standard InChI is InChI=1S/C12H20BrN3/c1-4-16(5-2)9-8-14-12-7-6-11(13)10(3)15-12/h6-7H,4-5,8-9H2,1-3H3,(H,14,15). The molecular formula is C12H20BrN3. The summed E-state index contributed by atoms with van der Waals surface area (Å²) < 4.78 is 1.06. The Morgan fingerprint density at radius 2 is 2.00 bits per heavy atom. The van der Waals surface area contributed by atoms with Gasteiger partial charge >= 0.3 is 0 Å². The Labute approximate surface area is 106 Å². The SMILES string of the molecule is CCN(CC)CCNc1ccc(Br)c(C)n1. The van der Waals surface area contributed by atoms with Gasteiger partial charge in [0.1, 0.15) is 5.82 Å². The van der Waals surface area contributed by atoms with Crippen LogP contribution >= 0.6 is 15.9 Å². The van der Waals surface area contributed by atoms with E-state index < -0.39 is 0 Å². The summed E-state index contributed by atoms with van der Waals surface area (Å²) in [6.07, 6.45) is 0. The molecular weight excluding hydrogens is 266 g/mol. The maximum atomic E-state index is 4.44. The molecule has 1 heterocycles. The zero-order valence-electron chi connectivity index (χ0n) is 10.3. The van der Waals surface area contributed by atoms with E-state index in [1.807, 2.05) is 19.1 Å². The molecule has 1 aromatic rings. The Hall–Kier alpha value is -0.610. The van der Waals surface area contributed by atoms with Gasteiger partial charge in [0.15, 0.2) is 0 Å². The number of aryl methyl sites for hydroxylation is 1. The highest BCUT2D eigenvalue weighted by molar-refractivity contribution is 9.10. The van der Waals surface area contributed by atoms with Crippen LogP contribution in [0, 0.1) is 6.92 Å². The summed E-state index contributed by atoms with van der Waals surface area (Å²) in [6, 6.07) is 4.03. The largest absolute Gasteiger partial charge is 0.369 e. The second-order valence-corrected chi connectivity index (χ2v) is 4.57. The number of nitrogens with one attached hydrogen (secondary N) is 1. The molecule has 0 aliphatic heterocycles. The maximum Gasteiger partial charge on any atom is 0.126 e. The van der Waals surface area contributed by atoms with Crippen molar-refractivity contribution in [2.75, 3.05) is 31.5 Å². The fraction of sp³-hybridized carbons (Fsp3) is 0.583. The van der Waals surface area contributed by atoms with Crippen LogP contribution in [0.25, 0.3) is 0 Å². The summed E-state index contributed by atoms with van der Waals surface area (Å²) in [4.78, 5) is 6.83. The van der Waals surface area contributed by atoms with Crippen molar-refractivity contribution >= 4 is 21.7 Å². The third-order valence-electron chi connectivity index (χ3n) is 2.65. The van der Waals surface area contributed by atoms with Gasteiger partial charge in [0.2, 0.25) is 0 Å². The number of rotatable bonds is 6. The van der Waals surface area contributed by atoms with Gasteiger partial charge in [-0.05, 0) is 48.1 Å². The fourth-order valence-electron chi connectivity index (χ4n) is 1.52. The minimum Gasteiger partial charge on any atom is -0.369 e. The molecule has 0 atom stereocenters. The van der Waals surface area contributed by atoms with E-state index in [4.69, 9.17) is 0 Å². The lowest BCUT2D eigenvalue weighted by molar-refractivity contribution is 0.316. The van der Waals surface area contributed by atoms with E-state index in [1.165, 1.54) is 0 Å². The Balaban J connectivity index is 2.40. The minimum absolute atomic E-state index is 0.940. The number of aromatic nitrogens is 1. The van der Waals surface area contributed by atoms with Crippen LogP contribution in [0.1, 0.15) is 19.5 Å². The summed E-state index contributed by atoms with van der Waals surface area (Å²) in [5.41, 5.74) is 1.02. The Morgan fingerprint density at radius 1 is 1.31 bits per heavy atom. The monoisotopic (exact) mass is 285 g/mol. The maximum absolute atomic E-state index is 4.44. The normalized spacial score (nSPS) is 10.8. The van der Waals surface area contributed by atoms with Crippen LogP contribution in [-0.2, 0) is 0 Å². The number of pyridine rings is 1. The van der Waals surface area contributed by atoms with E-state index >= 15 is 0 Å². The first kappa shape index (κ1) is 13.5. The van der Waals surface area contributed by atoms with E-state index in [2.05, 4.69) is 45.0 Å². The zero-order chi connectivity index (χ0) is 12.0. The Bertz CT molecular complexity index is 324. The molecule has 1 N–H and O–H groups in total. The molecule has 16 heavy (non-hydrogen) atoms. The first-order valence-corrected chi connectivity index (χ1v) is 6.56. The molecule has 0 saturated carbocycles. The molecule has 0 aliphatic carbocycles. The van der Waals surface area contributed by atoms with E-state index in [-0.39, 0.29) is 0 Å². The van der Waals surface area contributed by atoms with Crippen LogP contribution < -0.4 is 5.32 Å². The number of halogens is 1. The molecule has 0 fully saturated rings. The lowest BCUT2D eigenvalue weighted by Gasteiger charge is -2.18. The van der Waals surface area contributed by atoms with E-state index in [1.54, 1.807) is 0 Å². The van der Waals surface area contributed by atoms with Crippen molar-refractivity contribution in [3.05, 3.63) is 22.3 Å². The van der Waals surface area contributed by atoms with Gasteiger partial charge in [0.25, 0.3) is 0 Å². The average molecular weight is 286 g/mol. The lowest BCUT2D eigenvalue weighted by atomic mass is 10.3. The summed E-state index contributed by atoms with van der Waals surface area (Å²) in [7, 11) is 0.